The minimum Gasteiger partial charge on any atom is -0.408 e. The van der Waals surface area contributed by atoms with Gasteiger partial charge in [0.25, 0.3) is 11.5 Å². The Bertz CT molecular complexity index is 2760. The fourth-order valence-corrected chi connectivity index (χ4v) is 10.9. The lowest BCUT2D eigenvalue weighted by atomic mass is 10.0. The number of nitrogens with one attached hydrogen (secondary N) is 3. The molecule has 0 radical (unpaired) electrons. The van der Waals surface area contributed by atoms with E-state index in [2.05, 4.69) is 40.5 Å². The van der Waals surface area contributed by atoms with E-state index >= 15 is 0 Å². The van der Waals surface area contributed by atoms with E-state index in [1.807, 2.05) is 33.9 Å². The van der Waals surface area contributed by atoms with Crippen LogP contribution in [0.5, 0.6) is 0 Å². The first-order valence-electron chi connectivity index (χ1n) is 20.9. The Kier molecular flexibility index (Phi) is 12.7. The molecule has 1 aromatic carbocycles. The van der Waals surface area contributed by atoms with Crippen molar-refractivity contribution < 1.29 is 55.6 Å². The lowest BCUT2D eigenvalue weighted by Crippen LogP contribution is -2.50. The first kappa shape index (κ1) is 46.9. The third kappa shape index (κ3) is 9.52. The molecule has 0 spiro atoms. The van der Waals surface area contributed by atoms with Crippen LogP contribution in [0.1, 0.15) is 64.4 Å². The van der Waals surface area contributed by atoms with Gasteiger partial charge in [0, 0.05) is 24.1 Å². The third-order valence-electron chi connectivity index (χ3n) is 12.0. The van der Waals surface area contributed by atoms with Crippen molar-refractivity contribution in [2.75, 3.05) is 30.5 Å². The summed E-state index contributed by atoms with van der Waals surface area (Å²) in [5, 5.41) is 4.97. The van der Waals surface area contributed by atoms with Gasteiger partial charge < -0.3 is 28.6 Å². The van der Waals surface area contributed by atoms with E-state index in [9.17, 15) is 28.4 Å². The van der Waals surface area contributed by atoms with Crippen LogP contribution in [-0.2, 0) is 45.9 Å². The third-order valence-corrected chi connectivity index (χ3v) is 18.7. The van der Waals surface area contributed by atoms with E-state index in [-0.39, 0.29) is 45.7 Å². The Morgan fingerprint density at radius 2 is 1.55 bits per heavy atom. The minimum absolute atomic E-state index is 0.0199. The van der Waals surface area contributed by atoms with Crippen LogP contribution in [0.2, 0.25) is 18.1 Å². The van der Waals surface area contributed by atoms with Crippen LogP contribution in [0.25, 0.3) is 22.3 Å². The lowest BCUT2D eigenvalue weighted by Gasteiger charge is -2.40. The maximum Gasteiger partial charge on any atom is 0.472 e. The Labute approximate surface area is 373 Å². The summed E-state index contributed by atoms with van der Waals surface area (Å²) in [7, 11) is -11.9. The smallest absolute Gasteiger partial charge is 0.408 e. The van der Waals surface area contributed by atoms with Gasteiger partial charge in [-0.3, -0.25) is 52.0 Å². The van der Waals surface area contributed by atoms with E-state index in [0.29, 0.717) is 5.56 Å². The zero-order chi connectivity index (χ0) is 46.8. The zero-order valence-corrected chi connectivity index (χ0v) is 39.9. The van der Waals surface area contributed by atoms with Crippen LogP contribution < -0.4 is 16.2 Å². The van der Waals surface area contributed by atoms with E-state index in [1.54, 1.807) is 51.1 Å². The van der Waals surface area contributed by atoms with Crippen molar-refractivity contribution in [2.45, 2.75) is 103 Å². The number of hydrogen-bond donors (Lipinski definition) is 4. The topological polar surface area (TPSA) is 284 Å². The molecule has 10 atom stereocenters. The van der Waals surface area contributed by atoms with Gasteiger partial charge >= 0.3 is 15.4 Å². The molecule has 3 aliphatic rings. The van der Waals surface area contributed by atoms with Crippen molar-refractivity contribution in [3.63, 3.8) is 0 Å². The van der Waals surface area contributed by atoms with Gasteiger partial charge in [-0.15, -0.1) is 0 Å². The average Bonchev–Trinajstić information content (AvgIpc) is 4.00. The second-order valence-corrected chi connectivity index (χ2v) is 26.2. The molecule has 350 valence electrons. The first-order chi connectivity index (χ1) is 30.5. The zero-order valence-electron chi connectivity index (χ0n) is 37.1. The molecule has 4 bridgehead atoms. The van der Waals surface area contributed by atoms with Gasteiger partial charge in [0.05, 0.1) is 32.0 Å². The molecule has 65 heavy (non-hydrogen) atoms. The van der Waals surface area contributed by atoms with E-state index in [0.717, 1.165) is 0 Å². The number of fused-ring (bicyclic) bond motifs is 6. The highest BCUT2D eigenvalue weighted by Crippen LogP contribution is 2.56. The molecule has 3 fully saturated rings. The molecule has 3 saturated heterocycles. The largest absolute Gasteiger partial charge is 0.472 e. The lowest BCUT2D eigenvalue weighted by molar-refractivity contribution is -0.118. The molecular weight excluding hydrogens is 907 g/mol. The van der Waals surface area contributed by atoms with Gasteiger partial charge in [0.15, 0.2) is 48.9 Å². The fraction of sp³-hybridized carbons (Fsp3) is 0.538. The number of phosphoric acid groups is 1. The molecule has 0 aliphatic carbocycles. The maximum atomic E-state index is 14.6. The SMILES string of the molecule is CC(C)C(=O)Nc1nc2c(ncn2[C@@H]2O[C@@H]3COP(=O)(O)OC4[C@@H](C)[C@@H](COP(C)(=O)O[C@H]2C3O[Si](C)(C)C(C)(C)C)O[C@H]4n2cnc3c(NC(=O)c4ccccc4)ncnc32)c(=O)[nH]1. The van der Waals surface area contributed by atoms with Crippen molar-refractivity contribution in [1.29, 1.82) is 0 Å². The van der Waals surface area contributed by atoms with Crippen molar-refractivity contribution in [1.82, 2.24) is 39.0 Å². The van der Waals surface area contributed by atoms with Gasteiger partial charge in [0.2, 0.25) is 11.9 Å². The number of nitrogens with zero attached hydrogens (tertiary/aromatic N) is 7. The van der Waals surface area contributed by atoms with Gasteiger partial charge in [-0.1, -0.05) is 59.7 Å². The van der Waals surface area contributed by atoms with Crippen LogP contribution in [-0.4, -0.2) is 114 Å². The summed E-state index contributed by atoms with van der Waals surface area (Å²) in [6.07, 6.45) is -4.31. The van der Waals surface area contributed by atoms with Crippen molar-refractivity contribution in [3.05, 3.63) is 65.2 Å². The molecule has 23 nitrogen and oxygen atoms in total. The predicted molar refractivity (Wildman–Crippen MR) is 235 cm³/mol. The Hall–Kier alpha value is -4.58. The summed E-state index contributed by atoms with van der Waals surface area (Å²) < 4.78 is 75.8. The number of rotatable bonds is 8. The summed E-state index contributed by atoms with van der Waals surface area (Å²) in [5.74, 6) is -2.02. The molecule has 5 aromatic rings. The Morgan fingerprint density at radius 3 is 2.25 bits per heavy atom. The molecule has 4 aromatic heterocycles. The normalized spacial score (nSPS) is 30.1. The molecule has 8 rings (SSSR count). The molecule has 0 saturated carbocycles. The number of H-pyrrole nitrogens is 1. The van der Waals surface area contributed by atoms with E-state index in [4.69, 9.17) is 32.0 Å². The number of imidazole rings is 2. The fourth-order valence-electron chi connectivity index (χ4n) is 7.40. The number of carbonyl (C=O) groups excluding carboxylic acids is 2. The molecule has 4 unspecified atom stereocenters. The van der Waals surface area contributed by atoms with E-state index < -0.39 is 103 Å². The van der Waals surface area contributed by atoms with Crippen LogP contribution in [0, 0.1) is 11.8 Å². The monoisotopic (exact) mass is 958 g/mol. The van der Waals surface area contributed by atoms with Gasteiger partial charge in [-0.05, 0) is 30.3 Å². The number of phosphoric ester groups is 1. The van der Waals surface area contributed by atoms with Crippen LogP contribution in [0.4, 0.5) is 11.8 Å². The van der Waals surface area contributed by atoms with Crippen molar-refractivity contribution in [3.8, 4) is 0 Å². The van der Waals surface area contributed by atoms with Crippen LogP contribution >= 0.6 is 15.4 Å². The molecule has 3 aliphatic heterocycles. The highest BCUT2D eigenvalue weighted by molar-refractivity contribution is 7.53. The number of benzene rings is 1. The number of ether oxygens (including phenoxy) is 2. The summed E-state index contributed by atoms with van der Waals surface area (Å²) in [6.45, 7) is 15.4. The van der Waals surface area contributed by atoms with Gasteiger partial charge in [-0.2, -0.15) is 4.98 Å². The Balaban J connectivity index is 1.14. The second kappa shape index (κ2) is 17.6. The number of anilines is 2. The minimum atomic E-state index is -5.01. The summed E-state index contributed by atoms with van der Waals surface area (Å²) in [4.78, 5) is 74.7. The summed E-state index contributed by atoms with van der Waals surface area (Å²) in [6, 6.07) is 8.53. The van der Waals surface area contributed by atoms with Crippen molar-refractivity contribution in [2.24, 2.45) is 11.8 Å². The van der Waals surface area contributed by atoms with Crippen molar-refractivity contribution >= 4 is 69.6 Å². The number of aromatic nitrogens is 8. The van der Waals surface area contributed by atoms with E-state index in [1.165, 1.54) is 34.8 Å². The molecule has 4 N–H and O–H groups in total. The number of amides is 2. The predicted octanol–water partition coefficient (Wildman–Crippen LogP) is 5.37. The number of hydrogen-bond acceptors (Lipinski definition) is 17. The average molecular weight is 959 g/mol. The standard InChI is InChI=1S/C39H52N10O13P2Si/c1-20(2)33(50)46-38-45-32-26(35(52)47-38)43-19-49(32)37-29-28(62-65(8,9)39(4,5)6)24(59-37)16-57-64(54,55)61-27-21(3)23(15-56-63(7,53)60-29)58-36(27)48-18-42-25-30(40-17-41-31(25)48)44-34(51)22-13-11-10-12-14-22/h10-14,17-21,23-24,27-29,36-37H,15-16H2,1-9H3,(H,54,55)(H,40,41,44,51)(H2,45,46,47,50,52)/t21-,23+,24+,27?,28?,29-,36+,37+,63?/m0/s1. The van der Waals surface area contributed by atoms with Crippen LogP contribution in [0.3, 0.4) is 0 Å². The molecule has 2 amide bonds. The van der Waals surface area contributed by atoms with Gasteiger partial charge in [-0.25, -0.2) is 24.5 Å². The number of carbonyl (C=O) groups is 2. The highest BCUT2D eigenvalue weighted by Gasteiger charge is 2.55. The second-order valence-electron chi connectivity index (χ2n) is 18.1. The highest BCUT2D eigenvalue weighted by atomic mass is 31.2. The van der Waals surface area contributed by atoms with Crippen LogP contribution in [0.15, 0.2) is 54.1 Å². The molecule has 7 heterocycles. The number of aromatic amines is 1. The maximum absolute atomic E-state index is 14.6. The quantitative estimate of drug-likeness (QED) is 0.112. The molecule has 26 heteroatoms. The Morgan fingerprint density at radius 1 is 0.908 bits per heavy atom. The summed E-state index contributed by atoms with van der Waals surface area (Å²) >= 11 is 0. The first-order valence-corrected chi connectivity index (χ1v) is 27.3. The van der Waals surface area contributed by atoms with Gasteiger partial charge in [0.1, 0.15) is 30.7 Å². The molecular formula is C39H52N10O13P2Si. The summed E-state index contributed by atoms with van der Waals surface area (Å²) in [5.41, 5.74) is 0.00690.